The highest BCUT2D eigenvalue weighted by atomic mass is 32.2. The highest BCUT2D eigenvalue weighted by Crippen LogP contribution is 2.39. The lowest BCUT2D eigenvalue weighted by atomic mass is 9.90. The molecule has 1 aliphatic rings. The van der Waals surface area contributed by atoms with Gasteiger partial charge in [-0.15, -0.1) is 0 Å². The number of nitrogens with one attached hydrogen (secondary N) is 1. The number of aromatic nitrogens is 4. The van der Waals surface area contributed by atoms with Crippen LogP contribution >= 0.6 is 0 Å². The van der Waals surface area contributed by atoms with E-state index in [1.165, 1.54) is 18.3 Å². The number of hydrogen-bond acceptors (Lipinski definition) is 9. The lowest BCUT2D eigenvalue weighted by Crippen LogP contribution is -2.44. The number of rotatable bonds is 8. The molecule has 0 spiro atoms. The summed E-state index contributed by atoms with van der Waals surface area (Å²) in [4.78, 5) is 23.7. The zero-order valence-electron chi connectivity index (χ0n) is 21.7. The molecule has 1 fully saturated rings. The molecule has 3 N–H and O–H groups in total. The SMILES string of the molecule is CC(C)COc1cnn(-c2ccc(C(=O)NS(=O)(=O)c3cccnc3N)c(N3CCC(C)C3(C)C)n2)c1. The molecule has 0 aliphatic carbocycles. The van der Waals surface area contributed by atoms with Gasteiger partial charge in [-0.25, -0.2) is 27.8 Å². The highest BCUT2D eigenvalue weighted by molar-refractivity contribution is 7.90. The van der Waals surface area contributed by atoms with Crippen molar-refractivity contribution in [1.29, 1.82) is 0 Å². The number of carbonyl (C=O) groups excluding carboxylic acids is 1. The van der Waals surface area contributed by atoms with E-state index in [2.05, 4.69) is 49.4 Å². The summed E-state index contributed by atoms with van der Waals surface area (Å²) in [5.74, 6) is 1.14. The summed E-state index contributed by atoms with van der Waals surface area (Å²) < 4.78 is 35.3. The number of nitrogens with two attached hydrogens (primary N) is 1. The number of anilines is 2. The van der Waals surface area contributed by atoms with Gasteiger partial charge in [-0.05, 0) is 56.4 Å². The van der Waals surface area contributed by atoms with Crippen molar-refractivity contribution in [1.82, 2.24) is 24.5 Å². The maximum atomic E-state index is 13.4. The van der Waals surface area contributed by atoms with Crippen molar-refractivity contribution in [3.05, 3.63) is 48.4 Å². The van der Waals surface area contributed by atoms with Crippen molar-refractivity contribution in [2.75, 3.05) is 23.8 Å². The number of pyridine rings is 2. The molecule has 0 bridgehead atoms. The van der Waals surface area contributed by atoms with E-state index in [1.54, 1.807) is 29.2 Å². The van der Waals surface area contributed by atoms with Gasteiger partial charge in [-0.1, -0.05) is 20.8 Å². The molecular weight excluding hydrogens is 494 g/mol. The van der Waals surface area contributed by atoms with Gasteiger partial charge in [-0.3, -0.25) is 4.79 Å². The zero-order valence-corrected chi connectivity index (χ0v) is 22.5. The molecule has 1 unspecified atom stereocenters. The Bertz CT molecular complexity index is 1400. The zero-order chi connectivity index (χ0) is 27.0. The van der Waals surface area contributed by atoms with Crippen molar-refractivity contribution in [3.63, 3.8) is 0 Å². The summed E-state index contributed by atoms with van der Waals surface area (Å²) in [5, 5.41) is 4.36. The summed E-state index contributed by atoms with van der Waals surface area (Å²) in [6.07, 6.45) is 5.61. The summed E-state index contributed by atoms with van der Waals surface area (Å²) >= 11 is 0. The molecule has 3 aromatic heterocycles. The van der Waals surface area contributed by atoms with Crippen LogP contribution in [0.15, 0.2) is 47.8 Å². The standard InChI is InChI=1S/C25H33N7O4S/c1-16(2)15-36-18-13-28-32(14-18)21-9-8-19(23(29-21)31-12-10-17(3)25(31,4)5)24(33)30-37(34,35)20-7-6-11-27-22(20)26/h6-9,11,13-14,16-17H,10,12,15H2,1-5H3,(H2,26,27)(H,30,33). The van der Waals surface area contributed by atoms with E-state index in [0.717, 1.165) is 6.42 Å². The average Bonchev–Trinajstić information content (AvgIpc) is 3.41. The van der Waals surface area contributed by atoms with Crippen LogP contribution in [0.3, 0.4) is 0 Å². The van der Waals surface area contributed by atoms with E-state index < -0.39 is 15.9 Å². The van der Waals surface area contributed by atoms with Crippen LogP contribution in [0.4, 0.5) is 11.6 Å². The van der Waals surface area contributed by atoms with Crippen LogP contribution in [0.1, 0.15) is 51.4 Å². The first-order valence-corrected chi connectivity index (χ1v) is 13.6. The second-order valence-corrected chi connectivity index (χ2v) is 11.8. The lowest BCUT2D eigenvalue weighted by Gasteiger charge is -2.36. The minimum absolute atomic E-state index is 0.125. The van der Waals surface area contributed by atoms with E-state index in [4.69, 9.17) is 15.5 Å². The van der Waals surface area contributed by atoms with E-state index >= 15 is 0 Å². The van der Waals surface area contributed by atoms with E-state index in [0.29, 0.717) is 42.4 Å². The molecule has 4 rings (SSSR count). The first-order valence-electron chi connectivity index (χ1n) is 12.1. The molecule has 4 heterocycles. The first-order chi connectivity index (χ1) is 17.4. The van der Waals surface area contributed by atoms with Gasteiger partial charge in [0.25, 0.3) is 15.9 Å². The van der Waals surface area contributed by atoms with Gasteiger partial charge in [0.2, 0.25) is 0 Å². The Morgan fingerprint density at radius 2 is 2.05 bits per heavy atom. The highest BCUT2D eigenvalue weighted by Gasteiger charge is 2.41. The predicted molar refractivity (Wildman–Crippen MR) is 140 cm³/mol. The van der Waals surface area contributed by atoms with Crippen LogP contribution in [0, 0.1) is 11.8 Å². The molecular formula is C25H33N7O4S. The Kier molecular flexibility index (Phi) is 7.13. The Labute approximate surface area is 217 Å². The molecule has 12 heteroatoms. The summed E-state index contributed by atoms with van der Waals surface area (Å²) in [5.41, 5.74) is 5.55. The Morgan fingerprint density at radius 1 is 1.30 bits per heavy atom. The quantitative estimate of drug-likeness (QED) is 0.451. The normalized spacial score (nSPS) is 17.2. The van der Waals surface area contributed by atoms with Gasteiger partial charge in [-0.2, -0.15) is 5.10 Å². The van der Waals surface area contributed by atoms with E-state index in [9.17, 15) is 13.2 Å². The first kappa shape index (κ1) is 26.4. The number of amides is 1. The van der Waals surface area contributed by atoms with Crippen LogP contribution in [0.25, 0.3) is 5.82 Å². The number of carbonyl (C=O) groups is 1. The van der Waals surface area contributed by atoms with E-state index in [1.807, 2.05) is 4.90 Å². The summed E-state index contributed by atoms with van der Waals surface area (Å²) in [7, 11) is -4.26. The third kappa shape index (κ3) is 5.38. The van der Waals surface area contributed by atoms with Crippen molar-refractivity contribution in [2.45, 2.75) is 51.5 Å². The lowest BCUT2D eigenvalue weighted by molar-refractivity contribution is 0.0981. The monoisotopic (exact) mass is 527 g/mol. The number of ether oxygens (including phenoxy) is 1. The molecule has 1 saturated heterocycles. The van der Waals surface area contributed by atoms with Crippen LogP contribution in [0.2, 0.25) is 0 Å². The Hall–Kier alpha value is -3.67. The summed E-state index contributed by atoms with van der Waals surface area (Å²) in [6.45, 7) is 11.6. The molecule has 1 aliphatic heterocycles. The number of nitrogens with zero attached hydrogens (tertiary/aromatic N) is 5. The summed E-state index contributed by atoms with van der Waals surface area (Å²) in [6, 6.07) is 5.91. The predicted octanol–water partition coefficient (Wildman–Crippen LogP) is 3.02. The molecule has 198 valence electrons. The van der Waals surface area contributed by atoms with Crippen LogP contribution in [-0.2, 0) is 10.0 Å². The van der Waals surface area contributed by atoms with Crippen molar-refractivity contribution < 1.29 is 17.9 Å². The second kappa shape index (κ2) is 10.0. The van der Waals surface area contributed by atoms with Gasteiger partial charge in [0.1, 0.15) is 16.5 Å². The van der Waals surface area contributed by atoms with Crippen LogP contribution in [-0.4, -0.2) is 52.8 Å². The smallest absolute Gasteiger partial charge is 0.268 e. The fourth-order valence-corrected chi connectivity index (χ4v) is 5.24. The fraction of sp³-hybridized carbons (Fsp3) is 0.440. The minimum Gasteiger partial charge on any atom is -0.490 e. The van der Waals surface area contributed by atoms with Gasteiger partial charge in [0.05, 0.1) is 24.6 Å². The molecule has 0 aromatic carbocycles. The molecule has 11 nitrogen and oxygen atoms in total. The maximum Gasteiger partial charge on any atom is 0.268 e. The maximum absolute atomic E-state index is 13.4. The third-order valence-corrected chi connectivity index (χ3v) is 8.12. The number of sulfonamides is 1. The topological polar surface area (TPSA) is 145 Å². The number of nitrogen functional groups attached to an aromatic ring is 1. The Balaban J connectivity index is 1.72. The molecule has 3 aromatic rings. The average molecular weight is 528 g/mol. The van der Waals surface area contributed by atoms with Crippen LogP contribution < -0.4 is 20.1 Å². The van der Waals surface area contributed by atoms with Gasteiger partial charge in [0, 0.05) is 18.3 Å². The van der Waals surface area contributed by atoms with Crippen LogP contribution in [0.5, 0.6) is 5.75 Å². The molecule has 37 heavy (non-hydrogen) atoms. The largest absolute Gasteiger partial charge is 0.490 e. The van der Waals surface area contributed by atoms with Gasteiger partial charge >= 0.3 is 0 Å². The second-order valence-electron chi connectivity index (χ2n) is 10.2. The number of hydrogen-bond donors (Lipinski definition) is 2. The molecule has 1 atom stereocenters. The fourth-order valence-electron chi connectivity index (χ4n) is 4.19. The molecule has 0 saturated carbocycles. The Morgan fingerprint density at radius 3 is 2.70 bits per heavy atom. The minimum atomic E-state index is -4.26. The van der Waals surface area contributed by atoms with Gasteiger partial charge in [0.15, 0.2) is 11.6 Å². The molecule has 1 amide bonds. The van der Waals surface area contributed by atoms with Gasteiger partial charge < -0.3 is 15.4 Å². The van der Waals surface area contributed by atoms with Crippen molar-refractivity contribution >= 4 is 27.6 Å². The van der Waals surface area contributed by atoms with Crippen molar-refractivity contribution in [3.8, 4) is 11.6 Å². The molecule has 0 radical (unpaired) electrons. The van der Waals surface area contributed by atoms with Crippen molar-refractivity contribution in [2.24, 2.45) is 11.8 Å². The third-order valence-electron chi connectivity index (χ3n) is 6.74. The van der Waals surface area contributed by atoms with E-state index in [-0.39, 0.29) is 21.8 Å².